The van der Waals surface area contributed by atoms with Crippen molar-refractivity contribution in [3.8, 4) is 5.75 Å². The minimum absolute atomic E-state index is 0.0131. The van der Waals surface area contributed by atoms with Gasteiger partial charge in [0.25, 0.3) is 21.8 Å². The standard InChI is InChI=1S/C17H18FN3O6S/c1-21(26-2)28(24,25)13-7-5-6-12(10-13)17(23)20-19-16(22)11-27-15-9-4-3-8-14(15)18/h3-10H,11H2,1-2H3,(H,19,22)(H,20,23). The zero-order valence-electron chi connectivity index (χ0n) is 15.0. The monoisotopic (exact) mass is 411 g/mol. The van der Waals surface area contributed by atoms with Gasteiger partial charge in [-0.15, -0.1) is 0 Å². The number of nitrogens with one attached hydrogen (secondary N) is 2. The molecule has 2 amide bonds. The van der Waals surface area contributed by atoms with Gasteiger partial charge in [-0.05, 0) is 30.3 Å². The highest BCUT2D eigenvalue weighted by molar-refractivity contribution is 7.89. The van der Waals surface area contributed by atoms with Gasteiger partial charge in [0.15, 0.2) is 18.2 Å². The van der Waals surface area contributed by atoms with Crippen molar-refractivity contribution in [2.24, 2.45) is 0 Å². The van der Waals surface area contributed by atoms with Gasteiger partial charge in [0, 0.05) is 12.6 Å². The normalized spacial score (nSPS) is 11.1. The van der Waals surface area contributed by atoms with Gasteiger partial charge in [0.05, 0.1) is 12.0 Å². The molecular formula is C17H18FN3O6S. The van der Waals surface area contributed by atoms with Crippen LogP contribution in [0.2, 0.25) is 0 Å². The first kappa shape index (κ1) is 21.3. The van der Waals surface area contributed by atoms with Crippen molar-refractivity contribution in [1.29, 1.82) is 0 Å². The second-order valence-corrected chi connectivity index (χ2v) is 7.28. The van der Waals surface area contributed by atoms with E-state index in [9.17, 15) is 22.4 Å². The number of nitrogens with zero attached hydrogens (tertiary/aromatic N) is 1. The van der Waals surface area contributed by atoms with Gasteiger partial charge in [-0.1, -0.05) is 22.7 Å². The van der Waals surface area contributed by atoms with E-state index >= 15 is 0 Å². The number of hydroxylamine groups is 1. The van der Waals surface area contributed by atoms with E-state index in [2.05, 4.69) is 15.7 Å². The molecule has 0 saturated heterocycles. The molecule has 0 heterocycles. The Labute approximate surface area is 161 Å². The topological polar surface area (TPSA) is 114 Å². The molecule has 0 saturated carbocycles. The fourth-order valence-electron chi connectivity index (χ4n) is 1.98. The molecule has 0 aromatic heterocycles. The number of benzene rings is 2. The number of hydrogen-bond acceptors (Lipinski definition) is 6. The third-order valence-electron chi connectivity index (χ3n) is 3.50. The van der Waals surface area contributed by atoms with Gasteiger partial charge in [-0.3, -0.25) is 25.3 Å². The van der Waals surface area contributed by atoms with Gasteiger partial charge >= 0.3 is 0 Å². The molecule has 150 valence electrons. The lowest BCUT2D eigenvalue weighted by Crippen LogP contribution is -2.43. The van der Waals surface area contributed by atoms with Crippen molar-refractivity contribution in [3.63, 3.8) is 0 Å². The molecule has 0 radical (unpaired) electrons. The van der Waals surface area contributed by atoms with E-state index in [0.29, 0.717) is 4.47 Å². The second kappa shape index (κ2) is 9.26. The van der Waals surface area contributed by atoms with Crippen LogP contribution in [0.3, 0.4) is 0 Å². The highest BCUT2D eigenvalue weighted by Crippen LogP contribution is 2.16. The maximum absolute atomic E-state index is 13.4. The molecule has 9 nitrogen and oxygen atoms in total. The van der Waals surface area contributed by atoms with Crippen LogP contribution in [0.5, 0.6) is 5.75 Å². The van der Waals surface area contributed by atoms with E-state index in [1.165, 1.54) is 50.6 Å². The summed E-state index contributed by atoms with van der Waals surface area (Å²) in [7, 11) is -1.54. The summed E-state index contributed by atoms with van der Waals surface area (Å²) in [6, 6.07) is 10.7. The van der Waals surface area contributed by atoms with E-state index < -0.39 is 34.3 Å². The van der Waals surface area contributed by atoms with Crippen LogP contribution < -0.4 is 15.6 Å². The fourth-order valence-corrected chi connectivity index (χ4v) is 3.00. The smallest absolute Gasteiger partial charge is 0.276 e. The first-order valence-electron chi connectivity index (χ1n) is 7.85. The molecule has 11 heteroatoms. The Hall–Kier alpha value is -3.02. The summed E-state index contributed by atoms with van der Waals surface area (Å²) in [6.45, 7) is -0.533. The van der Waals surface area contributed by atoms with Gasteiger partial charge in [-0.25, -0.2) is 12.8 Å². The van der Waals surface area contributed by atoms with Gasteiger partial charge in [-0.2, -0.15) is 0 Å². The van der Waals surface area contributed by atoms with Crippen LogP contribution in [0.25, 0.3) is 0 Å². The minimum Gasteiger partial charge on any atom is -0.481 e. The summed E-state index contributed by atoms with van der Waals surface area (Å²) >= 11 is 0. The molecule has 2 aromatic rings. The molecule has 2 N–H and O–H groups in total. The molecule has 0 spiro atoms. The summed E-state index contributed by atoms with van der Waals surface area (Å²) in [6.07, 6.45) is 0. The Morgan fingerprint density at radius 1 is 1.11 bits per heavy atom. The number of rotatable bonds is 7. The van der Waals surface area contributed by atoms with Crippen LogP contribution in [-0.2, 0) is 19.7 Å². The lowest BCUT2D eigenvalue weighted by molar-refractivity contribution is -0.123. The third-order valence-corrected chi connectivity index (χ3v) is 5.18. The van der Waals surface area contributed by atoms with E-state index in [0.717, 1.165) is 6.07 Å². The number of hydrogen-bond donors (Lipinski definition) is 2. The van der Waals surface area contributed by atoms with E-state index in [4.69, 9.17) is 4.74 Å². The molecule has 0 fully saturated rings. The first-order valence-corrected chi connectivity index (χ1v) is 9.29. The number of carbonyl (C=O) groups excluding carboxylic acids is 2. The maximum Gasteiger partial charge on any atom is 0.276 e. The van der Waals surface area contributed by atoms with Gasteiger partial charge in [0.1, 0.15) is 0 Å². The molecule has 0 bridgehead atoms. The zero-order valence-corrected chi connectivity index (χ0v) is 15.8. The minimum atomic E-state index is -3.93. The largest absolute Gasteiger partial charge is 0.481 e. The summed E-state index contributed by atoms with van der Waals surface area (Å²) in [5.74, 6) is -2.22. The van der Waals surface area contributed by atoms with E-state index in [1.807, 2.05) is 0 Å². The average Bonchev–Trinajstić information content (AvgIpc) is 2.70. The number of amides is 2. The average molecular weight is 411 g/mol. The van der Waals surface area contributed by atoms with Crippen molar-refractivity contribution >= 4 is 21.8 Å². The van der Waals surface area contributed by atoms with Crippen LogP contribution >= 0.6 is 0 Å². The van der Waals surface area contributed by atoms with E-state index in [-0.39, 0.29) is 16.2 Å². The van der Waals surface area contributed by atoms with Crippen LogP contribution in [-0.4, -0.2) is 45.5 Å². The van der Waals surface area contributed by atoms with Gasteiger partial charge in [0.2, 0.25) is 0 Å². The van der Waals surface area contributed by atoms with Crippen molar-refractivity contribution in [3.05, 3.63) is 59.9 Å². The molecule has 0 aliphatic carbocycles. The van der Waals surface area contributed by atoms with Gasteiger partial charge < -0.3 is 4.74 Å². The Kier molecular flexibility index (Phi) is 7.04. The molecule has 2 aromatic carbocycles. The Balaban J connectivity index is 1.95. The molecule has 0 atom stereocenters. The van der Waals surface area contributed by atoms with Crippen LogP contribution in [0.1, 0.15) is 10.4 Å². The predicted octanol–water partition coefficient (Wildman–Crippen LogP) is 0.848. The quantitative estimate of drug-likeness (QED) is 0.653. The maximum atomic E-state index is 13.4. The summed E-state index contributed by atoms with van der Waals surface area (Å²) < 4.78 is 43.5. The van der Waals surface area contributed by atoms with Crippen molar-refractivity contribution in [2.45, 2.75) is 4.90 Å². The van der Waals surface area contributed by atoms with Crippen molar-refractivity contribution in [2.75, 3.05) is 20.8 Å². The Bertz CT molecular complexity index is 967. The summed E-state index contributed by atoms with van der Waals surface area (Å²) in [5, 5.41) is 0. The number of sulfonamides is 1. The number of halogens is 1. The fraction of sp³-hybridized carbons (Fsp3) is 0.176. The third kappa shape index (κ3) is 5.25. The second-order valence-electron chi connectivity index (χ2n) is 5.35. The summed E-state index contributed by atoms with van der Waals surface area (Å²) in [5.41, 5.74) is 4.20. The molecule has 0 aliphatic heterocycles. The molecule has 0 unspecified atom stereocenters. The SMILES string of the molecule is CON(C)S(=O)(=O)c1cccc(C(=O)NNC(=O)COc2ccccc2F)c1. The van der Waals surface area contributed by atoms with Crippen molar-refractivity contribution < 1.29 is 32.0 Å². The van der Waals surface area contributed by atoms with Crippen LogP contribution in [0.15, 0.2) is 53.4 Å². The first-order chi connectivity index (χ1) is 13.3. The zero-order chi connectivity index (χ0) is 20.7. The number of carbonyl (C=O) groups is 2. The lowest BCUT2D eigenvalue weighted by Gasteiger charge is -2.14. The van der Waals surface area contributed by atoms with Crippen LogP contribution in [0, 0.1) is 5.82 Å². The highest BCUT2D eigenvalue weighted by Gasteiger charge is 2.22. The summed E-state index contributed by atoms with van der Waals surface area (Å²) in [4.78, 5) is 28.4. The predicted molar refractivity (Wildman–Crippen MR) is 95.9 cm³/mol. The number of ether oxygens (including phenoxy) is 1. The Morgan fingerprint density at radius 2 is 1.82 bits per heavy atom. The van der Waals surface area contributed by atoms with Crippen molar-refractivity contribution in [1.82, 2.24) is 15.3 Å². The number of para-hydroxylation sites is 1. The molecule has 2 rings (SSSR count). The van der Waals surface area contributed by atoms with Crippen LogP contribution in [0.4, 0.5) is 4.39 Å². The van der Waals surface area contributed by atoms with E-state index in [1.54, 1.807) is 6.07 Å². The molecular weight excluding hydrogens is 393 g/mol. The highest BCUT2D eigenvalue weighted by atomic mass is 32.2. The Morgan fingerprint density at radius 3 is 2.50 bits per heavy atom. The number of hydrazine groups is 1. The lowest BCUT2D eigenvalue weighted by atomic mass is 10.2. The molecule has 0 aliphatic rings. The molecule has 28 heavy (non-hydrogen) atoms.